The average molecular weight is 349 g/mol. The second-order valence-electron chi connectivity index (χ2n) is 4.39. The number of halogens is 1. The third-order valence-corrected chi connectivity index (χ3v) is 3.61. The summed E-state index contributed by atoms with van der Waals surface area (Å²) in [5.41, 5.74) is 2.06. The number of carboxylic acids is 1. The van der Waals surface area contributed by atoms with Gasteiger partial charge in [-0.1, -0.05) is 12.1 Å². The molecule has 0 radical (unpaired) electrons. The van der Waals surface area contributed by atoms with Crippen LogP contribution in [0.4, 0.5) is 5.69 Å². The Morgan fingerprint density at radius 1 is 1.19 bits per heavy atom. The monoisotopic (exact) mass is 348 g/mol. The van der Waals surface area contributed by atoms with Gasteiger partial charge in [-0.2, -0.15) is 0 Å². The van der Waals surface area contributed by atoms with Gasteiger partial charge < -0.3 is 5.11 Å². The first-order valence-electron chi connectivity index (χ1n) is 6.29. The van der Waals surface area contributed by atoms with Gasteiger partial charge in [0.1, 0.15) is 0 Å². The van der Waals surface area contributed by atoms with E-state index < -0.39 is 5.97 Å². The average Bonchev–Trinajstić information content (AvgIpc) is 2.53. The molecule has 0 saturated carbocycles. The van der Waals surface area contributed by atoms with Crippen molar-refractivity contribution < 1.29 is 14.7 Å². The molecule has 0 aliphatic heterocycles. The molecule has 0 aliphatic carbocycles. The fraction of sp³-hybridized carbons (Fsp3) is 0.133. The molecule has 1 aromatic heterocycles. The number of hydrogen-bond acceptors (Lipinski definition) is 3. The summed E-state index contributed by atoms with van der Waals surface area (Å²) in [5.74, 6) is -1.05. The van der Waals surface area contributed by atoms with Gasteiger partial charge in [-0.25, -0.2) is 3.93 Å². The van der Waals surface area contributed by atoms with E-state index in [0.717, 1.165) is 5.56 Å². The number of carbonyl (C=O) groups excluding carboxylic acids is 1. The second-order valence-corrected chi connectivity index (χ2v) is 5.10. The van der Waals surface area contributed by atoms with Crippen LogP contribution in [0.15, 0.2) is 48.8 Å². The zero-order valence-electron chi connectivity index (χ0n) is 11.1. The zero-order valence-corrected chi connectivity index (χ0v) is 12.7. The predicted molar refractivity (Wildman–Crippen MR) is 82.4 cm³/mol. The van der Waals surface area contributed by atoms with Crippen molar-refractivity contribution in [3.8, 4) is 0 Å². The Kier molecular flexibility index (Phi) is 5.05. The summed E-state index contributed by atoms with van der Waals surface area (Å²) in [7, 11) is 0. The zero-order chi connectivity index (χ0) is 15.2. The van der Waals surface area contributed by atoms with Crippen LogP contribution in [-0.2, 0) is 11.2 Å². The Morgan fingerprint density at radius 2 is 1.90 bits per heavy atom. The van der Waals surface area contributed by atoms with Crippen LogP contribution in [0.3, 0.4) is 0 Å². The van der Waals surface area contributed by atoms with Crippen molar-refractivity contribution in [2.24, 2.45) is 0 Å². The van der Waals surface area contributed by atoms with E-state index in [1.54, 1.807) is 30.5 Å². The summed E-state index contributed by atoms with van der Waals surface area (Å²) < 4.78 is 1.35. The number of carbonyl (C=O) groups is 2. The lowest BCUT2D eigenvalue weighted by Gasteiger charge is -2.14. The number of aromatic nitrogens is 1. The van der Waals surface area contributed by atoms with Crippen LogP contribution >= 0.6 is 16.1 Å². The molecule has 6 heteroatoms. The molecule has 1 amide bonds. The standard InChI is InChI=1S/C15H13BrN2O3/c16-18(15(21)12-2-1-9-17-10-12)13-6-3-11(4-7-13)5-8-14(19)20/h1-4,6-7,9-10H,5,8H2,(H,19,20). The van der Waals surface area contributed by atoms with E-state index in [2.05, 4.69) is 21.1 Å². The van der Waals surface area contributed by atoms with Crippen molar-refractivity contribution in [3.05, 3.63) is 59.9 Å². The summed E-state index contributed by atoms with van der Waals surface area (Å²) in [6.07, 6.45) is 3.66. The van der Waals surface area contributed by atoms with Crippen LogP contribution in [0.1, 0.15) is 22.3 Å². The summed E-state index contributed by atoms with van der Waals surface area (Å²) in [4.78, 5) is 26.6. The van der Waals surface area contributed by atoms with Gasteiger partial charge in [0.2, 0.25) is 0 Å². The van der Waals surface area contributed by atoms with E-state index in [-0.39, 0.29) is 12.3 Å². The molecule has 0 spiro atoms. The van der Waals surface area contributed by atoms with Gasteiger partial charge in [-0.05, 0) is 36.2 Å². The lowest BCUT2D eigenvalue weighted by atomic mass is 10.1. The van der Waals surface area contributed by atoms with Gasteiger partial charge in [0.15, 0.2) is 0 Å². The SMILES string of the molecule is O=C(O)CCc1ccc(N(Br)C(=O)c2cccnc2)cc1. The summed E-state index contributed by atoms with van der Waals surface area (Å²) in [6, 6.07) is 10.5. The quantitative estimate of drug-likeness (QED) is 0.843. The van der Waals surface area contributed by atoms with Crippen molar-refractivity contribution in [1.29, 1.82) is 0 Å². The number of aryl methyl sites for hydroxylation is 1. The molecule has 5 nitrogen and oxygen atoms in total. The Bertz CT molecular complexity index is 629. The van der Waals surface area contributed by atoms with Gasteiger partial charge >= 0.3 is 5.97 Å². The van der Waals surface area contributed by atoms with E-state index in [0.29, 0.717) is 17.7 Å². The normalized spacial score (nSPS) is 10.1. The summed E-state index contributed by atoms with van der Waals surface area (Å²) in [5, 5.41) is 8.65. The molecule has 0 fully saturated rings. The van der Waals surface area contributed by atoms with E-state index in [4.69, 9.17) is 5.11 Å². The Labute approximate surface area is 130 Å². The highest BCUT2D eigenvalue weighted by Gasteiger charge is 2.15. The minimum absolute atomic E-state index is 0.0893. The van der Waals surface area contributed by atoms with Gasteiger partial charge in [0.05, 0.1) is 27.4 Å². The molecule has 0 bridgehead atoms. The van der Waals surface area contributed by atoms with Crippen LogP contribution in [0.2, 0.25) is 0 Å². The molecule has 1 N–H and O–H groups in total. The van der Waals surface area contributed by atoms with Crippen LogP contribution in [-0.4, -0.2) is 22.0 Å². The first kappa shape index (κ1) is 15.2. The molecule has 0 saturated heterocycles. The highest BCUT2D eigenvalue weighted by molar-refractivity contribution is 9.10. The number of nitrogens with zero attached hydrogens (tertiary/aromatic N) is 2. The van der Waals surface area contributed by atoms with E-state index >= 15 is 0 Å². The Morgan fingerprint density at radius 3 is 2.48 bits per heavy atom. The highest BCUT2D eigenvalue weighted by atomic mass is 79.9. The maximum absolute atomic E-state index is 12.2. The number of rotatable bonds is 5. The molecule has 108 valence electrons. The maximum Gasteiger partial charge on any atom is 0.303 e. The highest BCUT2D eigenvalue weighted by Crippen LogP contribution is 2.21. The van der Waals surface area contributed by atoms with Crippen LogP contribution in [0.5, 0.6) is 0 Å². The number of amides is 1. The molecule has 21 heavy (non-hydrogen) atoms. The van der Waals surface area contributed by atoms with Crippen LogP contribution in [0, 0.1) is 0 Å². The summed E-state index contributed by atoms with van der Waals surface area (Å²) >= 11 is 3.24. The largest absolute Gasteiger partial charge is 0.481 e. The second kappa shape index (κ2) is 6.99. The first-order chi connectivity index (χ1) is 10.1. The fourth-order valence-electron chi connectivity index (χ4n) is 1.76. The number of carboxylic acid groups (broad SMARTS) is 1. The van der Waals surface area contributed by atoms with Crippen molar-refractivity contribution in [3.63, 3.8) is 0 Å². The number of hydrogen-bond donors (Lipinski definition) is 1. The third kappa shape index (κ3) is 4.13. The molecule has 0 atom stereocenters. The number of pyridine rings is 1. The van der Waals surface area contributed by atoms with Gasteiger partial charge in [-0.15, -0.1) is 0 Å². The molecule has 1 aromatic carbocycles. The topological polar surface area (TPSA) is 70.5 Å². The van der Waals surface area contributed by atoms with Crippen LogP contribution in [0.25, 0.3) is 0 Å². The molecule has 2 aromatic rings. The number of benzene rings is 1. The van der Waals surface area contributed by atoms with E-state index in [1.807, 2.05) is 12.1 Å². The maximum atomic E-state index is 12.2. The molecule has 2 rings (SSSR count). The van der Waals surface area contributed by atoms with Crippen LogP contribution < -0.4 is 3.93 Å². The van der Waals surface area contributed by atoms with Crippen molar-refractivity contribution >= 4 is 33.7 Å². The van der Waals surface area contributed by atoms with Gasteiger partial charge in [0, 0.05) is 18.8 Å². The number of aliphatic carboxylic acids is 1. The van der Waals surface area contributed by atoms with Gasteiger partial charge in [0.25, 0.3) is 5.91 Å². The van der Waals surface area contributed by atoms with E-state index in [1.165, 1.54) is 10.1 Å². The smallest absolute Gasteiger partial charge is 0.303 e. The minimum Gasteiger partial charge on any atom is -0.481 e. The minimum atomic E-state index is -0.826. The molecule has 1 heterocycles. The third-order valence-electron chi connectivity index (χ3n) is 2.88. The van der Waals surface area contributed by atoms with E-state index in [9.17, 15) is 9.59 Å². The molecular formula is C15H13BrN2O3. The Balaban J connectivity index is 2.07. The number of anilines is 1. The van der Waals surface area contributed by atoms with Crippen molar-refractivity contribution in [1.82, 2.24) is 4.98 Å². The van der Waals surface area contributed by atoms with Gasteiger partial charge in [-0.3, -0.25) is 14.6 Å². The fourth-order valence-corrected chi connectivity index (χ4v) is 2.21. The Hall–Kier alpha value is -2.21. The molecule has 0 unspecified atom stereocenters. The lowest BCUT2D eigenvalue weighted by molar-refractivity contribution is -0.136. The van der Waals surface area contributed by atoms with Crippen molar-refractivity contribution in [2.75, 3.05) is 3.93 Å². The predicted octanol–water partition coefficient (Wildman–Crippen LogP) is 3.06. The summed E-state index contributed by atoms with van der Waals surface area (Å²) in [6.45, 7) is 0. The molecule has 0 aliphatic rings. The lowest BCUT2D eigenvalue weighted by Crippen LogP contribution is -2.20. The molecular weight excluding hydrogens is 336 g/mol. The van der Waals surface area contributed by atoms with Crippen molar-refractivity contribution in [2.45, 2.75) is 12.8 Å². The first-order valence-corrected chi connectivity index (χ1v) is 7.00.